The van der Waals surface area contributed by atoms with Gasteiger partial charge in [0.25, 0.3) is 5.56 Å². The smallest absolute Gasteiger partial charge is 0.266 e. The van der Waals surface area contributed by atoms with Crippen molar-refractivity contribution in [3.8, 4) is 11.4 Å². The van der Waals surface area contributed by atoms with E-state index in [0.29, 0.717) is 27.5 Å². The second-order valence-electron chi connectivity index (χ2n) is 6.90. The van der Waals surface area contributed by atoms with Crippen molar-refractivity contribution in [2.75, 3.05) is 12.9 Å². The highest BCUT2D eigenvalue weighted by Gasteiger charge is 2.18. The van der Waals surface area contributed by atoms with Crippen molar-refractivity contribution < 1.29 is 13.9 Å². The molecule has 0 aliphatic carbocycles. The van der Waals surface area contributed by atoms with Crippen molar-refractivity contribution in [1.82, 2.24) is 9.55 Å². The van der Waals surface area contributed by atoms with Crippen molar-refractivity contribution in [1.29, 1.82) is 0 Å². The van der Waals surface area contributed by atoms with Crippen LogP contribution in [0.2, 0.25) is 0 Å². The van der Waals surface area contributed by atoms with Gasteiger partial charge in [-0.2, -0.15) is 0 Å². The number of thioether (sulfide) groups is 1. The number of carbonyl (C=O) groups is 1. The number of rotatable bonds is 6. The molecule has 0 aliphatic rings. The molecule has 3 aromatic carbocycles. The van der Waals surface area contributed by atoms with Crippen LogP contribution in [0.5, 0.6) is 5.75 Å². The third-order valence-electron chi connectivity index (χ3n) is 4.90. The number of Topliss-reactive ketones (excluding diaryl/α,β-unsaturated/α-hetero) is 1. The first-order chi connectivity index (χ1) is 15.0. The van der Waals surface area contributed by atoms with E-state index in [4.69, 9.17) is 4.74 Å². The summed E-state index contributed by atoms with van der Waals surface area (Å²) in [7, 11) is 1.43. The number of methoxy groups -OCH3 is 1. The number of aryl methyl sites for hydroxylation is 1. The van der Waals surface area contributed by atoms with Gasteiger partial charge in [0.1, 0.15) is 11.6 Å². The summed E-state index contributed by atoms with van der Waals surface area (Å²) in [6, 6.07) is 18.4. The number of carbonyl (C=O) groups excluding carboxylic acids is 1. The zero-order valence-electron chi connectivity index (χ0n) is 17.0. The number of nitrogens with zero attached hydrogens (tertiary/aromatic N) is 2. The van der Waals surface area contributed by atoms with Crippen LogP contribution in [0.25, 0.3) is 16.6 Å². The Morgan fingerprint density at radius 2 is 1.84 bits per heavy atom. The van der Waals surface area contributed by atoms with Gasteiger partial charge < -0.3 is 4.74 Å². The lowest BCUT2D eigenvalue weighted by Gasteiger charge is -2.15. The van der Waals surface area contributed by atoms with E-state index in [1.165, 1.54) is 23.8 Å². The van der Waals surface area contributed by atoms with Crippen molar-refractivity contribution in [2.24, 2.45) is 0 Å². The van der Waals surface area contributed by atoms with E-state index in [0.717, 1.165) is 23.4 Å². The molecule has 0 bridgehead atoms. The van der Waals surface area contributed by atoms with E-state index in [-0.39, 0.29) is 22.7 Å². The maximum Gasteiger partial charge on any atom is 0.266 e. The van der Waals surface area contributed by atoms with E-state index in [2.05, 4.69) is 4.98 Å². The summed E-state index contributed by atoms with van der Waals surface area (Å²) in [6.45, 7) is 1.91. The molecule has 0 amide bonds. The molecule has 0 atom stereocenters. The molecule has 1 aromatic heterocycles. The standard InChI is InChI=1S/C24H19FN2O3S/c1-15-7-3-6-10-20(15)27-23(29)17-8-4-5-9-19(17)26-24(27)31-14-21(28)18-13-16(25)11-12-22(18)30-2/h3-13H,14H2,1-2H3. The van der Waals surface area contributed by atoms with Crippen molar-refractivity contribution in [2.45, 2.75) is 12.1 Å². The number of ether oxygens (including phenoxy) is 1. The fraction of sp³-hybridized carbons (Fsp3) is 0.125. The third kappa shape index (κ3) is 4.09. The summed E-state index contributed by atoms with van der Waals surface area (Å²) >= 11 is 1.13. The zero-order valence-corrected chi connectivity index (χ0v) is 17.8. The summed E-state index contributed by atoms with van der Waals surface area (Å²) in [4.78, 5) is 30.8. The van der Waals surface area contributed by atoms with Crippen LogP contribution >= 0.6 is 11.8 Å². The van der Waals surface area contributed by atoms with Gasteiger partial charge >= 0.3 is 0 Å². The highest BCUT2D eigenvalue weighted by Crippen LogP contribution is 2.26. The number of hydrogen-bond donors (Lipinski definition) is 0. The van der Waals surface area contributed by atoms with Gasteiger partial charge in [-0.15, -0.1) is 0 Å². The fourth-order valence-electron chi connectivity index (χ4n) is 3.34. The Kier molecular flexibility index (Phi) is 5.86. The molecule has 31 heavy (non-hydrogen) atoms. The van der Waals surface area contributed by atoms with Crippen LogP contribution in [0, 0.1) is 12.7 Å². The quantitative estimate of drug-likeness (QED) is 0.247. The fourth-order valence-corrected chi connectivity index (χ4v) is 4.23. The molecule has 0 N–H and O–H groups in total. The van der Waals surface area contributed by atoms with Gasteiger partial charge in [-0.05, 0) is 48.9 Å². The van der Waals surface area contributed by atoms with E-state index in [1.54, 1.807) is 18.2 Å². The minimum absolute atomic E-state index is 0.0313. The number of halogens is 1. The Balaban J connectivity index is 1.78. The summed E-state index contributed by atoms with van der Waals surface area (Å²) < 4.78 is 20.4. The minimum atomic E-state index is -0.519. The van der Waals surface area contributed by atoms with Crippen LogP contribution in [0.15, 0.2) is 76.7 Å². The number of para-hydroxylation sites is 2. The monoisotopic (exact) mass is 434 g/mol. The summed E-state index contributed by atoms with van der Waals surface area (Å²) in [5.41, 5.74) is 2.10. The molecule has 0 saturated carbocycles. The van der Waals surface area contributed by atoms with Gasteiger partial charge in [0.2, 0.25) is 0 Å². The van der Waals surface area contributed by atoms with Crippen LogP contribution in [0.1, 0.15) is 15.9 Å². The number of aromatic nitrogens is 2. The molecule has 0 fully saturated rings. The first-order valence-electron chi connectivity index (χ1n) is 9.57. The second kappa shape index (κ2) is 8.73. The van der Waals surface area contributed by atoms with Crippen LogP contribution in [-0.2, 0) is 0 Å². The highest BCUT2D eigenvalue weighted by atomic mass is 32.2. The summed E-state index contributed by atoms with van der Waals surface area (Å²) in [5, 5.41) is 0.884. The first-order valence-corrected chi connectivity index (χ1v) is 10.6. The van der Waals surface area contributed by atoms with E-state index in [1.807, 2.05) is 37.3 Å². The number of ketones is 1. The first kappa shape index (κ1) is 20.8. The lowest BCUT2D eigenvalue weighted by atomic mass is 10.1. The maximum absolute atomic E-state index is 13.7. The molecule has 0 aliphatic heterocycles. The predicted molar refractivity (Wildman–Crippen MR) is 120 cm³/mol. The van der Waals surface area contributed by atoms with E-state index >= 15 is 0 Å². The molecule has 5 nitrogen and oxygen atoms in total. The molecule has 4 rings (SSSR count). The summed E-state index contributed by atoms with van der Waals surface area (Å²) in [5.74, 6) is -0.569. The molecule has 7 heteroatoms. The van der Waals surface area contributed by atoms with Gasteiger partial charge in [0.05, 0.1) is 35.0 Å². The molecule has 0 saturated heterocycles. The van der Waals surface area contributed by atoms with Crippen LogP contribution in [0.3, 0.4) is 0 Å². The molecular formula is C24H19FN2O3S. The molecule has 1 heterocycles. The molecule has 156 valence electrons. The van der Waals surface area contributed by atoms with Gasteiger partial charge in [-0.1, -0.05) is 42.1 Å². The number of hydrogen-bond acceptors (Lipinski definition) is 5. The van der Waals surface area contributed by atoms with Gasteiger partial charge in [0.15, 0.2) is 10.9 Å². The van der Waals surface area contributed by atoms with Crippen LogP contribution in [-0.4, -0.2) is 28.2 Å². The van der Waals surface area contributed by atoms with Gasteiger partial charge in [-0.25, -0.2) is 9.37 Å². The van der Waals surface area contributed by atoms with Gasteiger partial charge in [-0.3, -0.25) is 14.2 Å². The Bertz CT molecular complexity index is 1350. The van der Waals surface area contributed by atoms with Crippen molar-refractivity contribution >= 4 is 28.4 Å². The van der Waals surface area contributed by atoms with Crippen LogP contribution < -0.4 is 10.3 Å². The topological polar surface area (TPSA) is 61.2 Å². The highest BCUT2D eigenvalue weighted by molar-refractivity contribution is 7.99. The zero-order chi connectivity index (χ0) is 22.0. The molecule has 0 spiro atoms. The normalized spacial score (nSPS) is 10.9. The number of fused-ring (bicyclic) bond motifs is 1. The average molecular weight is 434 g/mol. The Morgan fingerprint density at radius 1 is 1.10 bits per heavy atom. The molecule has 4 aromatic rings. The number of benzene rings is 3. The minimum Gasteiger partial charge on any atom is -0.496 e. The van der Waals surface area contributed by atoms with Crippen molar-refractivity contribution in [3.05, 3.63) is 94.0 Å². The summed E-state index contributed by atoms with van der Waals surface area (Å²) in [6.07, 6.45) is 0. The third-order valence-corrected chi connectivity index (χ3v) is 5.83. The lowest BCUT2D eigenvalue weighted by molar-refractivity contribution is 0.101. The molecular weight excluding hydrogens is 415 g/mol. The van der Waals surface area contributed by atoms with Gasteiger partial charge in [0, 0.05) is 0 Å². The molecule has 0 unspecified atom stereocenters. The molecule has 0 radical (unpaired) electrons. The second-order valence-corrected chi connectivity index (χ2v) is 7.84. The Labute approximate surface area is 182 Å². The predicted octanol–water partition coefficient (Wildman–Crippen LogP) is 4.82. The van der Waals surface area contributed by atoms with E-state index in [9.17, 15) is 14.0 Å². The maximum atomic E-state index is 13.7. The van der Waals surface area contributed by atoms with E-state index < -0.39 is 5.82 Å². The lowest BCUT2D eigenvalue weighted by Crippen LogP contribution is -2.23. The SMILES string of the molecule is COc1ccc(F)cc1C(=O)CSc1nc2ccccc2c(=O)n1-c1ccccc1C. The average Bonchev–Trinajstić information content (AvgIpc) is 2.78. The Hall–Kier alpha value is -3.45. The largest absolute Gasteiger partial charge is 0.496 e. The van der Waals surface area contributed by atoms with Crippen molar-refractivity contribution in [3.63, 3.8) is 0 Å². The Morgan fingerprint density at radius 3 is 2.61 bits per heavy atom. The van der Waals surface area contributed by atoms with Crippen LogP contribution in [0.4, 0.5) is 4.39 Å².